The molecule has 1 aromatic carbocycles. The molecular formula is C17H25NO3. The molecule has 2 N–H and O–H groups in total. The second kappa shape index (κ2) is 7.57. The summed E-state index contributed by atoms with van der Waals surface area (Å²) in [6, 6.07) is 7.10. The fraction of sp³-hybridized carbons (Fsp3) is 0.588. The highest BCUT2D eigenvalue weighted by atomic mass is 16.5. The minimum absolute atomic E-state index is 0.348. The van der Waals surface area contributed by atoms with Crippen LogP contribution in [0.25, 0.3) is 0 Å². The number of ether oxygens (including phenoxy) is 1. The maximum Gasteiger partial charge on any atom is 0.335 e. The fourth-order valence-corrected chi connectivity index (χ4v) is 3.13. The zero-order valence-electron chi connectivity index (χ0n) is 12.8. The largest absolute Gasteiger partial charge is 0.478 e. The van der Waals surface area contributed by atoms with Crippen LogP contribution in [-0.2, 0) is 11.3 Å². The fourth-order valence-electron chi connectivity index (χ4n) is 3.13. The molecule has 0 aromatic heterocycles. The van der Waals surface area contributed by atoms with Crippen molar-refractivity contribution in [2.75, 3.05) is 6.54 Å². The third kappa shape index (κ3) is 5.14. The van der Waals surface area contributed by atoms with Crippen LogP contribution in [0, 0.1) is 5.92 Å². The second-order valence-corrected chi connectivity index (χ2v) is 6.07. The quantitative estimate of drug-likeness (QED) is 0.791. The van der Waals surface area contributed by atoms with Crippen LogP contribution in [0.2, 0.25) is 0 Å². The Bertz CT molecular complexity index is 465. The Balaban J connectivity index is 1.72. The van der Waals surface area contributed by atoms with E-state index in [1.165, 1.54) is 0 Å². The first-order chi connectivity index (χ1) is 10.0. The molecule has 1 heterocycles. The maximum atomic E-state index is 10.9. The van der Waals surface area contributed by atoms with Gasteiger partial charge in [-0.15, -0.1) is 0 Å². The minimum Gasteiger partial charge on any atom is -0.478 e. The molecule has 0 bridgehead atoms. The van der Waals surface area contributed by atoms with Gasteiger partial charge in [0, 0.05) is 6.54 Å². The third-order valence-electron chi connectivity index (χ3n) is 4.03. The number of rotatable bonds is 6. The van der Waals surface area contributed by atoms with E-state index in [1.807, 2.05) is 6.07 Å². The van der Waals surface area contributed by atoms with E-state index in [1.54, 1.807) is 18.2 Å². The molecule has 1 aliphatic heterocycles. The summed E-state index contributed by atoms with van der Waals surface area (Å²) < 4.78 is 5.75. The first-order valence-electron chi connectivity index (χ1n) is 7.73. The monoisotopic (exact) mass is 291 g/mol. The number of carboxylic acid groups (broad SMARTS) is 1. The summed E-state index contributed by atoms with van der Waals surface area (Å²) in [5.41, 5.74) is 1.37. The highest BCUT2D eigenvalue weighted by Gasteiger charge is 2.23. The van der Waals surface area contributed by atoms with E-state index in [9.17, 15) is 4.79 Å². The molecule has 1 fully saturated rings. The molecule has 0 saturated carbocycles. The van der Waals surface area contributed by atoms with E-state index < -0.39 is 5.97 Å². The molecule has 1 aliphatic rings. The van der Waals surface area contributed by atoms with Gasteiger partial charge in [-0.05, 0) is 63.3 Å². The van der Waals surface area contributed by atoms with Crippen molar-refractivity contribution >= 4 is 5.97 Å². The summed E-state index contributed by atoms with van der Waals surface area (Å²) in [5.74, 6) is -0.149. The average Bonchev–Trinajstić information content (AvgIpc) is 2.43. The van der Waals surface area contributed by atoms with E-state index in [0.717, 1.165) is 43.8 Å². The lowest BCUT2D eigenvalue weighted by Gasteiger charge is -2.32. The molecule has 2 unspecified atom stereocenters. The van der Waals surface area contributed by atoms with Gasteiger partial charge in [0.25, 0.3) is 0 Å². The lowest BCUT2D eigenvalue weighted by molar-refractivity contribution is -0.0532. The van der Waals surface area contributed by atoms with E-state index >= 15 is 0 Å². The van der Waals surface area contributed by atoms with Crippen LogP contribution in [0.5, 0.6) is 0 Å². The summed E-state index contributed by atoms with van der Waals surface area (Å²) in [6.45, 7) is 5.97. The highest BCUT2D eigenvalue weighted by molar-refractivity contribution is 5.87. The summed E-state index contributed by atoms with van der Waals surface area (Å²) >= 11 is 0. The van der Waals surface area contributed by atoms with Crippen LogP contribution in [0.4, 0.5) is 0 Å². The molecule has 0 amide bonds. The summed E-state index contributed by atoms with van der Waals surface area (Å²) in [6.07, 6.45) is 4.16. The van der Waals surface area contributed by atoms with Gasteiger partial charge in [0.15, 0.2) is 0 Å². The van der Waals surface area contributed by atoms with Crippen molar-refractivity contribution in [1.82, 2.24) is 5.32 Å². The van der Waals surface area contributed by atoms with Gasteiger partial charge < -0.3 is 15.2 Å². The van der Waals surface area contributed by atoms with Gasteiger partial charge in [0.2, 0.25) is 0 Å². The summed E-state index contributed by atoms with van der Waals surface area (Å²) in [5, 5.41) is 12.4. The molecule has 2 atom stereocenters. The molecule has 1 saturated heterocycles. The SMILES string of the molecule is CC1CC(CCNCc2cccc(C(=O)O)c2)CC(C)O1. The number of carboxylic acids is 1. The molecule has 21 heavy (non-hydrogen) atoms. The van der Waals surface area contributed by atoms with E-state index in [0.29, 0.717) is 17.8 Å². The predicted molar refractivity (Wildman–Crippen MR) is 82.5 cm³/mol. The molecule has 0 radical (unpaired) electrons. The summed E-state index contributed by atoms with van der Waals surface area (Å²) in [4.78, 5) is 10.9. The Hall–Kier alpha value is -1.39. The Morgan fingerprint density at radius 1 is 1.33 bits per heavy atom. The summed E-state index contributed by atoms with van der Waals surface area (Å²) in [7, 11) is 0. The molecule has 1 aromatic rings. The molecule has 116 valence electrons. The van der Waals surface area contributed by atoms with Crippen LogP contribution in [0.15, 0.2) is 24.3 Å². The average molecular weight is 291 g/mol. The first kappa shape index (κ1) is 16.0. The zero-order valence-corrected chi connectivity index (χ0v) is 12.8. The van der Waals surface area contributed by atoms with E-state index in [2.05, 4.69) is 19.2 Å². The smallest absolute Gasteiger partial charge is 0.335 e. The van der Waals surface area contributed by atoms with E-state index in [-0.39, 0.29) is 0 Å². The van der Waals surface area contributed by atoms with Crippen LogP contribution in [0.1, 0.15) is 49.0 Å². The van der Waals surface area contributed by atoms with Crippen molar-refractivity contribution in [2.24, 2.45) is 5.92 Å². The molecule has 4 heteroatoms. The second-order valence-electron chi connectivity index (χ2n) is 6.07. The third-order valence-corrected chi connectivity index (χ3v) is 4.03. The molecular weight excluding hydrogens is 266 g/mol. The van der Waals surface area contributed by atoms with Gasteiger partial charge in [-0.2, -0.15) is 0 Å². The Kier molecular flexibility index (Phi) is 5.76. The Morgan fingerprint density at radius 2 is 2.05 bits per heavy atom. The van der Waals surface area contributed by atoms with Crippen LogP contribution in [0.3, 0.4) is 0 Å². The van der Waals surface area contributed by atoms with Crippen LogP contribution >= 0.6 is 0 Å². The Morgan fingerprint density at radius 3 is 2.71 bits per heavy atom. The van der Waals surface area contributed by atoms with Crippen molar-refractivity contribution in [2.45, 2.75) is 51.9 Å². The lowest BCUT2D eigenvalue weighted by Crippen LogP contribution is -2.31. The van der Waals surface area contributed by atoms with Crippen LogP contribution < -0.4 is 5.32 Å². The predicted octanol–water partition coefficient (Wildman–Crippen LogP) is 3.07. The number of benzene rings is 1. The highest BCUT2D eigenvalue weighted by Crippen LogP contribution is 2.26. The number of aromatic carboxylic acids is 1. The number of carbonyl (C=O) groups is 1. The number of hydrogen-bond acceptors (Lipinski definition) is 3. The van der Waals surface area contributed by atoms with Crippen molar-refractivity contribution in [3.8, 4) is 0 Å². The molecule has 4 nitrogen and oxygen atoms in total. The van der Waals surface area contributed by atoms with Crippen molar-refractivity contribution < 1.29 is 14.6 Å². The van der Waals surface area contributed by atoms with Gasteiger partial charge in [0.05, 0.1) is 17.8 Å². The minimum atomic E-state index is -0.873. The molecule has 2 rings (SSSR count). The topological polar surface area (TPSA) is 58.6 Å². The maximum absolute atomic E-state index is 10.9. The standard InChI is InChI=1S/C17H25NO3/c1-12-8-14(9-13(2)21-12)6-7-18-11-15-4-3-5-16(10-15)17(19)20/h3-5,10,12-14,18H,6-9,11H2,1-2H3,(H,19,20). The number of hydrogen-bond donors (Lipinski definition) is 2. The van der Waals surface area contributed by atoms with Crippen molar-refractivity contribution in [3.63, 3.8) is 0 Å². The van der Waals surface area contributed by atoms with Gasteiger partial charge >= 0.3 is 5.97 Å². The van der Waals surface area contributed by atoms with E-state index in [4.69, 9.17) is 9.84 Å². The normalized spacial score (nSPS) is 25.7. The van der Waals surface area contributed by atoms with Gasteiger partial charge in [0.1, 0.15) is 0 Å². The van der Waals surface area contributed by atoms with Crippen molar-refractivity contribution in [3.05, 3.63) is 35.4 Å². The zero-order chi connectivity index (χ0) is 15.2. The van der Waals surface area contributed by atoms with Gasteiger partial charge in [-0.25, -0.2) is 4.79 Å². The number of nitrogens with one attached hydrogen (secondary N) is 1. The van der Waals surface area contributed by atoms with Crippen LogP contribution in [-0.4, -0.2) is 29.8 Å². The molecule has 0 aliphatic carbocycles. The molecule has 0 spiro atoms. The van der Waals surface area contributed by atoms with Crippen molar-refractivity contribution in [1.29, 1.82) is 0 Å². The lowest BCUT2D eigenvalue weighted by atomic mass is 9.90. The van der Waals surface area contributed by atoms with Gasteiger partial charge in [-0.1, -0.05) is 12.1 Å². The first-order valence-corrected chi connectivity index (χ1v) is 7.73. The Labute approximate surface area is 126 Å². The van der Waals surface area contributed by atoms with Gasteiger partial charge in [-0.3, -0.25) is 0 Å².